The number of nitrogens with zero attached hydrogens (tertiary/aromatic N) is 3. The Balaban J connectivity index is 1.55. The summed E-state index contributed by atoms with van der Waals surface area (Å²) in [6.07, 6.45) is -4.31. The maximum Gasteiger partial charge on any atom is 0.417 e. The van der Waals surface area contributed by atoms with E-state index >= 15 is 0 Å². The number of carbonyl (C=O) groups is 1. The monoisotopic (exact) mass is 431 g/mol. The van der Waals surface area contributed by atoms with Crippen LogP contribution in [-0.2, 0) is 0 Å². The smallest absolute Gasteiger partial charge is 0.380 e. The average Bonchev–Trinajstić information content (AvgIpc) is 3.13. The lowest BCUT2D eigenvalue weighted by Crippen LogP contribution is -2.58. The molecule has 0 amide bonds. The number of aromatic nitrogens is 1. The SMILES string of the molecule is Cc1cc(C(=O)CN2[C@@H]3CC[C@H]2C[C@@](O)(C(F)(F)F)C3)c(C)n1-c1ccc(C#N)cc1. The zero-order valence-electron chi connectivity index (χ0n) is 17.4. The van der Waals surface area contributed by atoms with E-state index < -0.39 is 23.9 Å². The molecule has 1 aromatic carbocycles. The van der Waals surface area contributed by atoms with E-state index in [2.05, 4.69) is 6.07 Å². The van der Waals surface area contributed by atoms with Gasteiger partial charge < -0.3 is 9.67 Å². The molecule has 3 heterocycles. The van der Waals surface area contributed by atoms with Crippen LogP contribution in [0.2, 0.25) is 0 Å². The molecule has 0 radical (unpaired) electrons. The summed E-state index contributed by atoms with van der Waals surface area (Å²) in [5.74, 6) is -0.137. The molecular formula is C23H24F3N3O2. The molecule has 164 valence electrons. The fraction of sp³-hybridized carbons (Fsp3) is 0.478. The van der Waals surface area contributed by atoms with Gasteiger partial charge in [-0.15, -0.1) is 0 Å². The fourth-order valence-corrected chi connectivity index (χ4v) is 5.18. The number of aliphatic hydroxyl groups is 1. The highest BCUT2D eigenvalue weighted by Crippen LogP contribution is 2.47. The van der Waals surface area contributed by atoms with Gasteiger partial charge in [0.15, 0.2) is 11.4 Å². The van der Waals surface area contributed by atoms with Gasteiger partial charge >= 0.3 is 6.18 Å². The molecule has 2 aromatic rings. The van der Waals surface area contributed by atoms with Gasteiger partial charge in [-0.3, -0.25) is 9.69 Å². The van der Waals surface area contributed by atoms with Crippen molar-refractivity contribution in [3.63, 3.8) is 0 Å². The highest BCUT2D eigenvalue weighted by Gasteiger charge is 2.60. The lowest BCUT2D eigenvalue weighted by atomic mass is 9.85. The molecule has 2 bridgehead atoms. The first-order valence-corrected chi connectivity index (χ1v) is 10.3. The number of nitriles is 1. The van der Waals surface area contributed by atoms with Gasteiger partial charge in [0, 0.05) is 47.6 Å². The molecule has 2 fully saturated rings. The molecule has 4 rings (SSSR count). The Bertz CT molecular complexity index is 1040. The van der Waals surface area contributed by atoms with E-state index in [1.807, 2.05) is 35.4 Å². The lowest BCUT2D eigenvalue weighted by molar-refractivity contribution is -0.278. The second-order valence-electron chi connectivity index (χ2n) is 8.70. The molecular weight excluding hydrogens is 407 g/mol. The van der Waals surface area contributed by atoms with E-state index in [1.54, 1.807) is 18.2 Å². The maximum absolute atomic E-state index is 13.3. The quantitative estimate of drug-likeness (QED) is 0.741. The number of alkyl halides is 3. The first kappa shape index (κ1) is 21.6. The van der Waals surface area contributed by atoms with Crippen LogP contribution in [0.5, 0.6) is 0 Å². The number of piperidine rings is 1. The zero-order chi connectivity index (χ0) is 22.6. The van der Waals surface area contributed by atoms with Crippen LogP contribution in [0.3, 0.4) is 0 Å². The highest BCUT2D eigenvalue weighted by molar-refractivity contribution is 5.99. The molecule has 0 spiro atoms. The van der Waals surface area contributed by atoms with E-state index in [1.165, 1.54) is 0 Å². The predicted molar refractivity (Wildman–Crippen MR) is 108 cm³/mol. The second-order valence-corrected chi connectivity index (χ2v) is 8.70. The summed E-state index contributed by atoms with van der Waals surface area (Å²) in [6, 6.07) is 10.0. The Labute approximate surface area is 178 Å². The molecule has 1 N–H and O–H groups in total. The fourth-order valence-electron chi connectivity index (χ4n) is 5.18. The number of benzene rings is 1. The average molecular weight is 431 g/mol. The van der Waals surface area contributed by atoms with Crippen molar-refractivity contribution in [2.24, 2.45) is 0 Å². The minimum Gasteiger partial charge on any atom is -0.380 e. The number of hydrogen-bond acceptors (Lipinski definition) is 4. The maximum atomic E-state index is 13.3. The summed E-state index contributed by atoms with van der Waals surface area (Å²) in [5, 5.41) is 19.1. The first-order chi connectivity index (χ1) is 14.5. The first-order valence-electron chi connectivity index (χ1n) is 10.3. The van der Waals surface area contributed by atoms with Gasteiger partial charge in [-0.25, -0.2) is 0 Å². The van der Waals surface area contributed by atoms with Gasteiger partial charge in [0.05, 0.1) is 18.2 Å². The van der Waals surface area contributed by atoms with Crippen LogP contribution in [-0.4, -0.2) is 50.8 Å². The second kappa shape index (κ2) is 7.50. The zero-order valence-corrected chi connectivity index (χ0v) is 17.4. The molecule has 31 heavy (non-hydrogen) atoms. The Kier molecular flexibility index (Phi) is 5.23. The molecule has 3 atom stereocenters. The van der Waals surface area contributed by atoms with E-state index in [0.717, 1.165) is 17.1 Å². The molecule has 2 aliphatic rings. The minimum absolute atomic E-state index is 0.0426. The number of ketones is 1. The van der Waals surface area contributed by atoms with Crippen LogP contribution < -0.4 is 0 Å². The van der Waals surface area contributed by atoms with Gasteiger partial charge in [0.2, 0.25) is 0 Å². The van der Waals surface area contributed by atoms with Crippen molar-refractivity contribution < 1.29 is 23.1 Å². The number of aryl methyl sites for hydroxylation is 1. The van der Waals surface area contributed by atoms with Crippen LogP contribution in [0, 0.1) is 25.2 Å². The van der Waals surface area contributed by atoms with Crippen LogP contribution in [0.15, 0.2) is 30.3 Å². The molecule has 0 saturated carbocycles. The van der Waals surface area contributed by atoms with E-state index in [-0.39, 0.29) is 25.2 Å². The number of hydrogen-bond donors (Lipinski definition) is 1. The summed E-state index contributed by atoms with van der Waals surface area (Å²) >= 11 is 0. The van der Waals surface area contributed by atoms with Crippen LogP contribution in [0.4, 0.5) is 13.2 Å². The molecule has 5 nitrogen and oxygen atoms in total. The summed E-state index contributed by atoms with van der Waals surface area (Å²) in [5.41, 5.74) is 0.868. The van der Waals surface area contributed by atoms with Gasteiger partial charge in [-0.2, -0.15) is 18.4 Å². The molecule has 2 aliphatic heterocycles. The number of fused-ring (bicyclic) bond motifs is 2. The van der Waals surface area contributed by atoms with E-state index in [9.17, 15) is 23.1 Å². The van der Waals surface area contributed by atoms with Crippen molar-refractivity contribution in [3.8, 4) is 11.8 Å². The lowest BCUT2D eigenvalue weighted by Gasteiger charge is -2.44. The van der Waals surface area contributed by atoms with Crippen molar-refractivity contribution >= 4 is 5.78 Å². The van der Waals surface area contributed by atoms with Gasteiger partial charge in [-0.05, 0) is 57.0 Å². The van der Waals surface area contributed by atoms with Crippen molar-refractivity contribution in [3.05, 3.63) is 52.8 Å². The summed E-state index contributed by atoms with van der Waals surface area (Å²) in [4.78, 5) is 15.0. The molecule has 8 heteroatoms. The van der Waals surface area contributed by atoms with Gasteiger partial charge in [0.25, 0.3) is 0 Å². The van der Waals surface area contributed by atoms with E-state index in [0.29, 0.717) is 24.0 Å². The number of carbonyl (C=O) groups excluding carboxylic acids is 1. The van der Waals surface area contributed by atoms with Crippen molar-refractivity contribution in [2.45, 2.75) is 63.4 Å². The third-order valence-electron chi connectivity index (χ3n) is 6.76. The summed E-state index contributed by atoms with van der Waals surface area (Å²) in [7, 11) is 0. The summed E-state index contributed by atoms with van der Waals surface area (Å²) in [6.45, 7) is 3.77. The normalized spacial score (nSPS) is 26.1. The van der Waals surface area contributed by atoms with Gasteiger partial charge in [-0.1, -0.05) is 0 Å². The minimum atomic E-state index is -4.66. The molecule has 1 aromatic heterocycles. The van der Waals surface area contributed by atoms with Gasteiger partial charge in [0.1, 0.15) is 0 Å². The highest BCUT2D eigenvalue weighted by atomic mass is 19.4. The van der Waals surface area contributed by atoms with Crippen LogP contribution in [0.1, 0.15) is 53.0 Å². The standard InChI is InChI=1S/C23H24F3N3O2/c1-14-9-20(15(2)29(14)17-5-3-16(12-27)4-6-17)21(30)13-28-18-7-8-19(28)11-22(31,10-18)23(24,25)26/h3-6,9,18-19,31H,7-8,10-11,13H2,1-2H3/t18-,19+,22-. The molecule has 0 unspecified atom stereocenters. The molecule has 2 saturated heterocycles. The van der Waals surface area contributed by atoms with E-state index in [4.69, 9.17) is 5.26 Å². The third-order valence-corrected chi connectivity index (χ3v) is 6.76. The van der Waals surface area contributed by atoms with Crippen molar-refractivity contribution in [1.29, 1.82) is 5.26 Å². The Morgan fingerprint density at radius 1 is 1.19 bits per heavy atom. The Morgan fingerprint density at radius 3 is 2.29 bits per heavy atom. The number of halogens is 3. The largest absolute Gasteiger partial charge is 0.417 e. The topological polar surface area (TPSA) is 69.3 Å². The number of rotatable bonds is 4. The third kappa shape index (κ3) is 3.66. The number of Topliss-reactive ketones (excluding diaryl/α,β-unsaturated/α-hetero) is 1. The van der Waals surface area contributed by atoms with Crippen LogP contribution >= 0.6 is 0 Å². The Hall–Kier alpha value is -2.63. The van der Waals surface area contributed by atoms with Crippen molar-refractivity contribution in [1.82, 2.24) is 9.47 Å². The van der Waals surface area contributed by atoms with Crippen LogP contribution in [0.25, 0.3) is 5.69 Å². The van der Waals surface area contributed by atoms with Crippen molar-refractivity contribution in [2.75, 3.05) is 6.54 Å². The summed E-state index contributed by atoms with van der Waals surface area (Å²) < 4.78 is 41.9. The predicted octanol–water partition coefficient (Wildman–Crippen LogP) is 4.07. The Morgan fingerprint density at radius 2 is 1.77 bits per heavy atom. The molecule has 0 aliphatic carbocycles.